The first-order valence-electron chi connectivity index (χ1n) is 7.73. The van der Waals surface area contributed by atoms with Gasteiger partial charge < -0.3 is 14.9 Å². The smallest absolute Gasteiger partial charge is 0.228 e. The average molecular weight is 307 g/mol. The summed E-state index contributed by atoms with van der Waals surface area (Å²) in [5.74, 6) is 1.10. The standard InChI is InChI=1S/C19H17NO3/c1-11-16-15(9-6-13-3-2-10-22-19(13)16)23-18(11)17(21)12-4-7-14(20)8-5-12/h4-9H,2-3,10,20H2,1H3. The molecule has 4 nitrogen and oxygen atoms in total. The van der Waals surface area contributed by atoms with Crippen molar-refractivity contribution < 1.29 is 13.9 Å². The van der Waals surface area contributed by atoms with E-state index in [1.807, 2.05) is 19.1 Å². The molecular weight excluding hydrogens is 290 g/mol. The Balaban J connectivity index is 1.86. The molecule has 3 aromatic rings. The molecule has 0 fully saturated rings. The van der Waals surface area contributed by atoms with Gasteiger partial charge in [0.1, 0.15) is 11.3 Å². The number of nitrogens with two attached hydrogens (primary N) is 1. The van der Waals surface area contributed by atoms with Gasteiger partial charge in [0.15, 0.2) is 5.76 Å². The lowest BCUT2D eigenvalue weighted by Crippen LogP contribution is -2.08. The Morgan fingerprint density at radius 1 is 1.13 bits per heavy atom. The third-order valence-electron chi connectivity index (χ3n) is 4.34. The van der Waals surface area contributed by atoms with Gasteiger partial charge in [-0.15, -0.1) is 0 Å². The number of rotatable bonds is 2. The molecule has 1 aliphatic heterocycles. The second kappa shape index (κ2) is 5.16. The maximum absolute atomic E-state index is 12.7. The predicted molar refractivity (Wildman–Crippen MR) is 89.1 cm³/mol. The van der Waals surface area contributed by atoms with Gasteiger partial charge in [-0.05, 0) is 55.7 Å². The molecule has 1 aliphatic rings. The molecule has 0 amide bonds. The van der Waals surface area contributed by atoms with Gasteiger partial charge in [-0.25, -0.2) is 0 Å². The largest absolute Gasteiger partial charge is 0.493 e. The normalized spacial score (nSPS) is 13.6. The first kappa shape index (κ1) is 13.9. The van der Waals surface area contributed by atoms with Crippen molar-refractivity contribution in [3.63, 3.8) is 0 Å². The van der Waals surface area contributed by atoms with Crippen LogP contribution in [0.25, 0.3) is 11.0 Å². The fraction of sp³-hybridized carbons (Fsp3) is 0.211. The number of aryl methyl sites for hydroxylation is 2. The number of carbonyl (C=O) groups is 1. The summed E-state index contributed by atoms with van der Waals surface area (Å²) >= 11 is 0. The lowest BCUT2D eigenvalue weighted by Gasteiger charge is -2.17. The SMILES string of the molecule is Cc1c(C(=O)c2ccc(N)cc2)oc2ccc3c(c12)OCCC3. The number of hydrogen-bond donors (Lipinski definition) is 1. The average Bonchev–Trinajstić information content (AvgIpc) is 2.92. The number of hydrogen-bond acceptors (Lipinski definition) is 4. The summed E-state index contributed by atoms with van der Waals surface area (Å²) in [5.41, 5.74) is 9.59. The zero-order valence-electron chi connectivity index (χ0n) is 12.9. The number of fused-ring (bicyclic) bond motifs is 3. The molecule has 0 aliphatic carbocycles. The Hall–Kier alpha value is -2.75. The molecule has 0 saturated carbocycles. The van der Waals surface area contributed by atoms with Crippen LogP contribution in [0.2, 0.25) is 0 Å². The van der Waals surface area contributed by atoms with E-state index >= 15 is 0 Å². The molecule has 4 rings (SSSR count). The third kappa shape index (κ3) is 2.18. The fourth-order valence-corrected chi connectivity index (χ4v) is 3.13. The molecule has 1 aromatic heterocycles. The molecule has 4 heteroatoms. The molecule has 2 aromatic carbocycles. The number of nitrogen functional groups attached to an aromatic ring is 1. The molecule has 0 unspecified atom stereocenters. The Kier molecular flexibility index (Phi) is 3.11. The Bertz CT molecular complexity index is 907. The number of ether oxygens (including phenoxy) is 1. The summed E-state index contributed by atoms with van der Waals surface area (Å²) in [5, 5.41) is 0.918. The zero-order chi connectivity index (χ0) is 16.0. The number of ketones is 1. The number of furan rings is 1. The van der Waals surface area contributed by atoms with E-state index in [1.54, 1.807) is 24.3 Å². The summed E-state index contributed by atoms with van der Waals surface area (Å²) in [6.45, 7) is 2.62. The lowest BCUT2D eigenvalue weighted by atomic mass is 10.00. The van der Waals surface area contributed by atoms with E-state index in [0.29, 0.717) is 29.2 Å². The summed E-state index contributed by atoms with van der Waals surface area (Å²) in [7, 11) is 0. The van der Waals surface area contributed by atoms with E-state index < -0.39 is 0 Å². The van der Waals surface area contributed by atoms with Crippen molar-refractivity contribution in [2.45, 2.75) is 19.8 Å². The van der Waals surface area contributed by atoms with Gasteiger partial charge in [0.05, 0.1) is 12.0 Å². The van der Waals surface area contributed by atoms with E-state index in [9.17, 15) is 4.79 Å². The van der Waals surface area contributed by atoms with Crippen LogP contribution >= 0.6 is 0 Å². The maximum atomic E-state index is 12.7. The third-order valence-corrected chi connectivity index (χ3v) is 4.34. The van der Waals surface area contributed by atoms with Crippen LogP contribution in [0.4, 0.5) is 5.69 Å². The summed E-state index contributed by atoms with van der Waals surface area (Å²) in [6.07, 6.45) is 2.02. The van der Waals surface area contributed by atoms with Crippen LogP contribution in [0, 0.1) is 6.92 Å². The molecule has 2 N–H and O–H groups in total. The molecule has 0 saturated heterocycles. The highest BCUT2D eigenvalue weighted by Crippen LogP contribution is 2.38. The van der Waals surface area contributed by atoms with E-state index in [-0.39, 0.29) is 5.78 Å². The molecule has 116 valence electrons. The maximum Gasteiger partial charge on any atom is 0.228 e. The fourth-order valence-electron chi connectivity index (χ4n) is 3.13. The highest BCUT2D eigenvalue weighted by molar-refractivity contribution is 6.11. The zero-order valence-corrected chi connectivity index (χ0v) is 12.9. The van der Waals surface area contributed by atoms with Crippen LogP contribution in [0.5, 0.6) is 5.75 Å². The van der Waals surface area contributed by atoms with Gasteiger partial charge in [-0.3, -0.25) is 4.79 Å². The van der Waals surface area contributed by atoms with Crippen LogP contribution in [-0.2, 0) is 6.42 Å². The molecule has 0 atom stereocenters. The first-order valence-corrected chi connectivity index (χ1v) is 7.73. The lowest BCUT2D eigenvalue weighted by molar-refractivity contribution is 0.101. The molecule has 0 bridgehead atoms. The van der Waals surface area contributed by atoms with Gasteiger partial charge in [-0.1, -0.05) is 6.07 Å². The summed E-state index contributed by atoms with van der Waals surface area (Å²) in [6, 6.07) is 10.8. The van der Waals surface area contributed by atoms with Crippen LogP contribution in [0.15, 0.2) is 40.8 Å². The predicted octanol–water partition coefficient (Wildman–Crippen LogP) is 3.88. The second-order valence-corrected chi connectivity index (χ2v) is 5.89. The van der Waals surface area contributed by atoms with Crippen molar-refractivity contribution in [2.75, 3.05) is 12.3 Å². The second-order valence-electron chi connectivity index (χ2n) is 5.89. The van der Waals surface area contributed by atoms with Gasteiger partial charge in [0, 0.05) is 16.8 Å². The Labute approximate surface area is 133 Å². The number of carbonyl (C=O) groups excluding carboxylic acids is 1. The van der Waals surface area contributed by atoms with Gasteiger partial charge in [0.2, 0.25) is 5.78 Å². The number of benzene rings is 2. The highest BCUT2D eigenvalue weighted by Gasteiger charge is 2.24. The molecule has 23 heavy (non-hydrogen) atoms. The van der Waals surface area contributed by atoms with Crippen molar-refractivity contribution >= 4 is 22.4 Å². The number of anilines is 1. The van der Waals surface area contributed by atoms with Gasteiger partial charge in [-0.2, -0.15) is 0 Å². The van der Waals surface area contributed by atoms with Crippen molar-refractivity contribution in [3.05, 3.63) is 58.8 Å². The minimum Gasteiger partial charge on any atom is -0.493 e. The quantitative estimate of drug-likeness (QED) is 0.576. The van der Waals surface area contributed by atoms with E-state index in [0.717, 1.165) is 29.5 Å². The molecule has 2 heterocycles. The summed E-state index contributed by atoms with van der Waals surface area (Å²) in [4.78, 5) is 12.7. The molecule has 0 radical (unpaired) electrons. The minimum atomic E-state index is -0.136. The van der Waals surface area contributed by atoms with Crippen LogP contribution in [-0.4, -0.2) is 12.4 Å². The van der Waals surface area contributed by atoms with E-state index in [2.05, 4.69) is 0 Å². The van der Waals surface area contributed by atoms with Crippen molar-refractivity contribution in [2.24, 2.45) is 0 Å². The van der Waals surface area contributed by atoms with Crippen molar-refractivity contribution in [1.29, 1.82) is 0 Å². The van der Waals surface area contributed by atoms with E-state index in [4.69, 9.17) is 14.9 Å². The van der Waals surface area contributed by atoms with Crippen LogP contribution in [0.1, 0.15) is 33.7 Å². The Morgan fingerprint density at radius 2 is 1.91 bits per heavy atom. The van der Waals surface area contributed by atoms with Crippen molar-refractivity contribution in [1.82, 2.24) is 0 Å². The van der Waals surface area contributed by atoms with Crippen LogP contribution in [0.3, 0.4) is 0 Å². The minimum absolute atomic E-state index is 0.136. The Morgan fingerprint density at radius 3 is 2.70 bits per heavy atom. The highest BCUT2D eigenvalue weighted by atomic mass is 16.5. The molecular formula is C19H17NO3. The molecule has 0 spiro atoms. The first-order chi connectivity index (χ1) is 11.1. The summed E-state index contributed by atoms with van der Waals surface area (Å²) < 4.78 is 11.7. The van der Waals surface area contributed by atoms with Gasteiger partial charge in [0.25, 0.3) is 0 Å². The van der Waals surface area contributed by atoms with Gasteiger partial charge >= 0.3 is 0 Å². The topological polar surface area (TPSA) is 65.5 Å². The monoisotopic (exact) mass is 307 g/mol. The van der Waals surface area contributed by atoms with Crippen LogP contribution < -0.4 is 10.5 Å². The van der Waals surface area contributed by atoms with Crippen molar-refractivity contribution in [3.8, 4) is 5.75 Å². The van der Waals surface area contributed by atoms with E-state index in [1.165, 1.54) is 5.56 Å².